The predicted molar refractivity (Wildman–Crippen MR) is 167 cm³/mol. The Hall–Kier alpha value is -4.16. The van der Waals surface area contributed by atoms with Gasteiger partial charge in [0.25, 0.3) is 5.91 Å². The van der Waals surface area contributed by atoms with Crippen molar-refractivity contribution in [2.75, 3.05) is 6.54 Å². The first-order valence-corrected chi connectivity index (χ1v) is 16.1. The van der Waals surface area contributed by atoms with Crippen molar-refractivity contribution in [2.45, 2.75) is 122 Å². The van der Waals surface area contributed by atoms with E-state index >= 15 is 0 Å². The quantitative estimate of drug-likeness (QED) is 0.269. The zero-order chi connectivity index (χ0) is 34.0. The molecule has 1 heterocycles. The summed E-state index contributed by atoms with van der Waals surface area (Å²) in [5.41, 5.74) is -0.0677. The molecule has 3 rings (SSSR count). The average molecular weight is 645 g/mol. The van der Waals surface area contributed by atoms with Crippen molar-refractivity contribution in [3.05, 3.63) is 35.9 Å². The topological polar surface area (TPSA) is 172 Å². The van der Waals surface area contributed by atoms with Crippen molar-refractivity contribution < 1.29 is 43.3 Å². The number of carboxylic acids is 1. The lowest BCUT2D eigenvalue weighted by atomic mass is 9.94. The van der Waals surface area contributed by atoms with E-state index in [2.05, 4.69) is 10.6 Å². The lowest BCUT2D eigenvalue weighted by molar-refractivity contribution is -0.148. The molecule has 1 aromatic rings. The molecule has 0 spiro atoms. The van der Waals surface area contributed by atoms with Crippen LogP contribution in [-0.2, 0) is 35.3 Å². The normalized spacial score (nSPS) is 19.2. The summed E-state index contributed by atoms with van der Waals surface area (Å²) in [5.74, 6) is -4.07. The number of amides is 5. The smallest absolute Gasteiger partial charge is 0.408 e. The van der Waals surface area contributed by atoms with Gasteiger partial charge in [-0.15, -0.1) is 0 Å². The second-order valence-corrected chi connectivity index (χ2v) is 13.0. The second kappa shape index (κ2) is 16.4. The van der Waals surface area contributed by atoms with Crippen LogP contribution in [0, 0.1) is 5.92 Å². The van der Waals surface area contributed by atoms with Crippen LogP contribution in [0.1, 0.15) is 91.5 Å². The summed E-state index contributed by atoms with van der Waals surface area (Å²) in [7, 11) is 0. The van der Waals surface area contributed by atoms with E-state index in [1.807, 2.05) is 13.0 Å². The summed E-state index contributed by atoms with van der Waals surface area (Å²) in [6.45, 7) is 8.44. The van der Waals surface area contributed by atoms with Gasteiger partial charge in [-0.3, -0.25) is 14.4 Å². The first-order valence-electron chi connectivity index (χ1n) is 16.1. The van der Waals surface area contributed by atoms with Gasteiger partial charge in [-0.2, -0.15) is 0 Å². The van der Waals surface area contributed by atoms with Crippen molar-refractivity contribution in [3.8, 4) is 0 Å². The number of hydrogen-bond acceptors (Lipinski definition) is 8. The second-order valence-electron chi connectivity index (χ2n) is 13.0. The van der Waals surface area contributed by atoms with Gasteiger partial charge >= 0.3 is 24.1 Å². The van der Waals surface area contributed by atoms with E-state index in [-0.39, 0.29) is 38.0 Å². The molecular formula is C33H48N4O9. The maximum absolute atomic E-state index is 14.0. The number of benzene rings is 1. The fourth-order valence-corrected chi connectivity index (χ4v) is 5.65. The molecule has 0 bridgehead atoms. The Morgan fingerprint density at radius 2 is 1.67 bits per heavy atom. The number of nitrogens with one attached hydrogen (secondary N) is 2. The molecule has 3 N–H and O–H groups in total. The molecule has 1 aliphatic carbocycles. The minimum Gasteiger partial charge on any atom is -0.480 e. The zero-order valence-electron chi connectivity index (χ0n) is 27.5. The average Bonchev–Trinajstić information content (AvgIpc) is 3.37. The SMILES string of the molecule is CCC(C)C(NC(=O)OC(C)(C)C)C(=O)NC(CCC(=O)OCc1ccccc1)C(=O)N1C(=O)N(C2CCCCC2)C[C@H]1C(=O)O. The molecule has 4 atom stereocenters. The van der Waals surface area contributed by atoms with E-state index in [1.54, 1.807) is 52.0 Å². The van der Waals surface area contributed by atoms with Gasteiger partial charge in [0.15, 0.2) is 6.04 Å². The highest BCUT2D eigenvalue weighted by molar-refractivity contribution is 6.04. The molecule has 1 saturated heterocycles. The van der Waals surface area contributed by atoms with Crippen LogP contribution < -0.4 is 10.6 Å². The Morgan fingerprint density at radius 3 is 2.26 bits per heavy atom. The highest BCUT2D eigenvalue weighted by Crippen LogP contribution is 2.29. The van der Waals surface area contributed by atoms with Gasteiger partial charge in [-0.25, -0.2) is 19.3 Å². The maximum Gasteiger partial charge on any atom is 0.408 e. The van der Waals surface area contributed by atoms with Crippen molar-refractivity contribution in [1.29, 1.82) is 0 Å². The number of nitrogens with zero attached hydrogens (tertiary/aromatic N) is 2. The highest BCUT2D eigenvalue weighted by Gasteiger charge is 2.49. The van der Waals surface area contributed by atoms with Gasteiger partial charge in [-0.05, 0) is 51.5 Å². The molecule has 254 valence electrons. The van der Waals surface area contributed by atoms with Crippen LogP contribution in [0.5, 0.6) is 0 Å². The van der Waals surface area contributed by atoms with Crippen LogP contribution in [-0.4, -0.2) is 87.1 Å². The molecule has 13 nitrogen and oxygen atoms in total. The van der Waals surface area contributed by atoms with Gasteiger partial charge in [-0.1, -0.05) is 69.9 Å². The van der Waals surface area contributed by atoms with Gasteiger partial charge in [0.05, 0.1) is 6.54 Å². The fraction of sp³-hybridized carbons (Fsp3) is 0.636. The molecule has 1 aromatic carbocycles. The number of carbonyl (C=O) groups is 6. The number of carboxylic acid groups (broad SMARTS) is 1. The molecule has 1 saturated carbocycles. The van der Waals surface area contributed by atoms with Crippen LogP contribution in [0.2, 0.25) is 0 Å². The van der Waals surface area contributed by atoms with Gasteiger partial charge in [0.2, 0.25) is 5.91 Å². The van der Waals surface area contributed by atoms with E-state index in [1.165, 1.54) is 4.90 Å². The Labute approximate surface area is 270 Å². The van der Waals surface area contributed by atoms with Crippen LogP contribution >= 0.6 is 0 Å². The monoisotopic (exact) mass is 644 g/mol. The number of ether oxygens (including phenoxy) is 2. The summed E-state index contributed by atoms with van der Waals surface area (Å²) < 4.78 is 10.7. The number of rotatable bonds is 13. The Morgan fingerprint density at radius 1 is 1.02 bits per heavy atom. The lowest BCUT2D eigenvalue weighted by Gasteiger charge is -2.31. The molecule has 46 heavy (non-hydrogen) atoms. The molecule has 2 aliphatic rings. The predicted octanol–water partition coefficient (Wildman–Crippen LogP) is 3.98. The Balaban J connectivity index is 1.84. The van der Waals surface area contributed by atoms with Gasteiger partial charge in [0.1, 0.15) is 24.3 Å². The summed E-state index contributed by atoms with van der Waals surface area (Å²) in [4.78, 5) is 81.0. The molecule has 3 unspecified atom stereocenters. The van der Waals surface area contributed by atoms with E-state index in [4.69, 9.17) is 9.47 Å². The number of aliphatic carboxylic acids is 1. The highest BCUT2D eigenvalue weighted by atomic mass is 16.6. The summed E-state index contributed by atoms with van der Waals surface area (Å²) in [5, 5.41) is 15.2. The van der Waals surface area contributed by atoms with E-state index in [0.29, 0.717) is 24.2 Å². The van der Waals surface area contributed by atoms with Crippen LogP contribution in [0.15, 0.2) is 30.3 Å². The standard InChI is InChI=1S/C33H48N4O9/c1-6-21(2)27(35-31(43)46-33(3,4)5)28(39)34-24(17-18-26(38)45-20-22-13-9-7-10-14-22)29(40)37-25(30(41)42)19-36(32(37)44)23-15-11-8-12-16-23/h7,9-10,13-14,21,23-25,27H,6,8,11-12,15-20H2,1-5H3,(H,34,39)(H,35,43)(H,41,42)/t21?,24?,25-,27?/m0/s1. The number of alkyl carbamates (subject to hydrolysis) is 1. The minimum absolute atomic E-state index is 0.00257. The molecule has 13 heteroatoms. The van der Waals surface area contributed by atoms with Crippen LogP contribution in [0.4, 0.5) is 9.59 Å². The molecule has 1 aliphatic heterocycles. The third-order valence-electron chi connectivity index (χ3n) is 8.33. The van der Waals surface area contributed by atoms with Crippen molar-refractivity contribution in [2.24, 2.45) is 5.92 Å². The maximum atomic E-state index is 14.0. The molecule has 5 amide bonds. The summed E-state index contributed by atoms with van der Waals surface area (Å²) in [6.07, 6.45) is 3.31. The number of carbonyl (C=O) groups excluding carboxylic acids is 5. The number of imide groups is 1. The van der Waals surface area contributed by atoms with Crippen molar-refractivity contribution in [3.63, 3.8) is 0 Å². The molecular weight excluding hydrogens is 596 g/mol. The van der Waals surface area contributed by atoms with Gasteiger partial charge < -0.3 is 30.1 Å². The first-order chi connectivity index (χ1) is 21.7. The summed E-state index contributed by atoms with van der Waals surface area (Å²) in [6, 6.07) is 4.04. The van der Waals surface area contributed by atoms with E-state index in [9.17, 15) is 33.9 Å². The van der Waals surface area contributed by atoms with E-state index < -0.39 is 59.6 Å². The van der Waals surface area contributed by atoms with Crippen molar-refractivity contribution in [1.82, 2.24) is 20.4 Å². The van der Waals surface area contributed by atoms with Crippen LogP contribution in [0.25, 0.3) is 0 Å². The van der Waals surface area contributed by atoms with E-state index in [0.717, 1.165) is 24.8 Å². The van der Waals surface area contributed by atoms with Crippen LogP contribution in [0.3, 0.4) is 0 Å². The van der Waals surface area contributed by atoms with Crippen molar-refractivity contribution >= 4 is 35.9 Å². The third kappa shape index (κ3) is 10.2. The Kier molecular flexibility index (Phi) is 13.0. The number of hydrogen-bond donors (Lipinski definition) is 3. The fourth-order valence-electron chi connectivity index (χ4n) is 5.65. The zero-order valence-corrected chi connectivity index (χ0v) is 27.5. The lowest BCUT2D eigenvalue weighted by Crippen LogP contribution is -2.58. The molecule has 0 radical (unpaired) electrons. The third-order valence-corrected chi connectivity index (χ3v) is 8.33. The largest absolute Gasteiger partial charge is 0.480 e. The first kappa shape index (κ1) is 36.3. The Bertz CT molecular complexity index is 1240. The minimum atomic E-state index is -1.46. The number of urea groups is 1. The summed E-state index contributed by atoms with van der Waals surface area (Å²) >= 11 is 0. The number of esters is 1. The molecule has 0 aromatic heterocycles. The molecule has 2 fully saturated rings. The van der Waals surface area contributed by atoms with Gasteiger partial charge in [0, 0.05) is 12.5 Å².